The zero-order valence-corrected chi connectivity index (χ0v) is 19.6. The smallest absolute Gasteiger partial charge is 0.265 e. The first kappa shape index (κ1) is 22.3. The van der Waals surface area contributed by atoms with Gasteiger partial charge in [0.05, 0.1) is 0 Å². The highest BCUT2D eigenvalue weighted by atomic mass is 32.1. The van der Waals surface area contributed by atoms with Gasteiger partial charge in [0, 0.05) is 24.5 Å². The first-order chi connectivity index (χ1) is 16.7. The topological polar surface area (TPSA) is 77.1 Å². The van der Waals surface area contributed by atoms with Gasteiger partial charge in [-0.15, -0.1) is 11.3 Å². The second kappa shape index (κ2) is 10.2. The molecule has 7 nitrogen and oxygen atoms in total. The largest absolute Gasteiger partial charge is 0.482 e. The van der Waals surface area contributed by atoms with Gasteiger partial charge in [-0.05, 0) is 48.6 Å². The van der Waals surface area contributed by atoms with E-state index in [-0.39, 0.29) is 25.2 Å². The Morgan fingerprint density at radius 1 is 0.971 bits per heavy atom. The van der Waals surface area contributed by atoms with Gasteiger partial charge in [-0.2, -0.15) is 0 Å². The molecule has 3 aromatic rings. The number of fused-ring (bicyclic) bond motifs is 1. The molecule has 0 saturated carbocycles. The Kier molecular flexibility index (Phi) is 6.67. The molecule has 0 bridgehead atoms. The number of nitrogens with zero attached hydrogens (tertiary/aromatic N) is 1. The van der Waals surface area contributed by atoms with Gasteiger partial charge in [-0.1, -0.05) is 36.4 Å². The number of piperidine rings is 1. The highest BCUT2D eigenvalue weighted by Crippen LogP contribution is 2.37. The number of likely N-dealkylation sites (tertiary alicyclic amines) is 1. The van der Waals surface area contributed by atoms with Crippen molar-refractivity contribution in [1.29, 1.82) is 0 Å². The summed E-state index contributed by atoms with van der Waals surface area (Å²) in [4.78, 5) is 28.9. The van der Waals surface area contributed by atoms with E-state index in [1.807, 2.05) is 59.5 Å². The Labute approximate surface area is 202 Å². The van der Waals surface area contributed by atoms with E-state index >= 15 is 0 Å². The van der Waals surface area contributed by atoms with Gasteiger partial charge in [0.25, 0.3) is 11.8 Å². The van der Waals surface area contributed by atoms with Crippen LogP contribution in [0.5, 0.6) is 17.2 Å². The molecule has 5 rings (SSSR count). The van der Waals surface area contributed by atoms with Gasteiger partial charge in [-0.25, -0.2) is 0 Å². The lowest BCUT2D eigenvalue weighted by Gasteiger charge is -2.26. The summed E-state index contributed by atoms with van der Waals surface area (Å²) in [5.74, 6) is 1.52. The number of amides is 2. The van der Waals surface area contributed by atoms with Crippen LogP contribution in [0.15, 0.2) is 54.6 Å². The molecule has 0 radical (unpaired) electrons. The van der Waals surface area contributed by atoms with Crippen molar-refractivity contribution in [1.82, 2.24) is 10.2 Å². The Bertz CT molecular complexity index is 1170. The highest BCUT2D eigenvalue weighted by molar-refractivity contribution is 7.17. The van der Waals surface area contributed by atoms with E-state index in [2.05, 4.69) is 5.32 Å². The second-order valence-electron chi connectivity index (χ2n) is 8.27. The van der Waals surface area contributed by atoms with Gasteiger partial charge in [-0.3, -0.25) is 9.59 Å². The fourth-order valence-corrected chi connectivity index (χ4v) is 5.10. The van der Waals surface area contributed by atoms with E-state index < -0.39 is 0 Å². The van der Waals surface area contributed by atoms with Crippen molar-refractivity contribution in [2.24, 2.45) is 0 Å². The van der Waals surface area contributed by atoms with E-state index in [1.54, 1.807) is 0 Å². The van der Waals surface area contributed by atoms with Crippen LogP contribution in [0, 0.1) is 0 Å². The number of benzene rings is 2. The van der Waals surface area contributed by atoms with Crippen molar-refractivity contribution in [3.63, 3.8) is 0 Å². The number of thiophene rings is 1. The Morgan fingerprint density at radius 3 is 2.59 bits per heavy atom. The van der Waals surface area contributed by atoms with Crippen LogP contribution in [-0.4, -0.2) is 43.2 Å². The Hall–Kier alpha value is -3.52. The van der Waals surface area contributed by atoms with Gasteiger partial charge in [0.2, 0.25) is 6.79 Å². The predicted molar refractivity (Wildman–Crippen MR) is 129 cm³/mol. The predicted octanol–water partition coefficient (Wildman–Crippen LogP) is 4.47. The number of ether oxygens (including phenoxy) is 3. The number of carbonyl (C=O) groups excluding carboxylic acids is 2. The van der Waals surface area contributed by atoms with Gasteiger partial charge < -0.3 is 24.4 Å². The quantitative estimate of drug-likeness (QED) is 0.542. The normalized spacial score (nSPS) is 14.6. The lowest BCUT2D eigenvalue weighted by Crippen LogP contribution is -2.38. The van der Waals surface area contributed by atoms with Crippen LogP contribution in [0.4, 0.5) is 0 Å². The van der Waals surface area contributed by atoms with Crippen molar-refractivity contribution in [2.45, 2.75) is 25.8 Å². The number of nitrogens with one attached hydrogen (secondary N) is 1. The summed E-state index contributed by atoms with van der Waals surface area (Å²) in [6.45, 7) is 2.00. The molecule has 2 aromatic carbocycles. The summed E-state index contributed by atoms with van der Waals surface area (Å²) in [5.41, 5.74) is 1.90. The molecule has 1 N–H and O–H groups in total. The van der Waals surface area contributed by atoms with Crippen LogP contribution in [0.3, 0.4) is 0 Å². The number of hydrogen-bond acceptors (Lipinski definition) is 6. The molecule has 34 heavy (non-hydrogen) atoms. The molecule has 0 atom stereocenters. The van der Waals surface area contributed by atoms with Crippen LogP contribution in [0.25, 0.3) is 10.4 Å². The molecule has 2 amide bonds. The zero-order chi connectivity index (χ0) is 23.3. The van der Waals surface area contributed by atoms with Crippen LogP contribution < -0.4 is 19.5 Å². The van der Waals surface area contributed by atoms with Crippen molar-refractivity contribution in [3.05, 3.63) is 65.0 Å². The van der Waals surface area contributed by atoms with E-state index in [0.29, 0.717) is 28.7 Å². The summed E-state index contributed by atoms with van der Waals surface area (Å²) >= 11 is 1.36. The first-order valence-corrected chi connectivity index (χ1v) is 12.3. The average Bonchev–Trinajstić information content (AvgIpc) is 3.54. The van der Waals surface area contributed by atoms with E-state index in [4.69, 9.17) is 14.2 Å². The van der Waals surface area contributed by atoms with Gasteiger partial charge >= 0.3 is 0 Å². The third-order valence-electron chi connectivity index (χ3n) is 5.91. The lowest BCUT2D eigenvalue weighted by molar-refractivity contribution is -0.134. The second-order valence-corrected chi connectivity index (χ2v) is 9.32. The Morgan fingerprint density at radius 2 is 1.76 bits per heavy atom. The summed E-state index contributed by atoms with van der Waals surface area (Å²) in [6.07, 6.45) is 3.20. The third-order valence-corrected chi connectivity index (χ3v) is 7.08. The molecule has 3 heterocycles. The number of rotatable bonds is 7. The summed E-state index contributed by atoms with van der Waals surface area (Å²) < 4.78 is 16.7. The van der Waals surface area contributed by atoms with Crippen LogP contribution in [0.2, 0.25) is 0 Å². The maximum atomic E-state index is 13.1. The molecule has 0 spiro atoms. The van der Waals surface area contributed by atoms with Gasteiger partial charge in [0.1, 0.15) is 10.6 Å². The fraction of sp³-hybridized carbons (Fsp3) is 0.308. The summed E-state index contributed by atoms with van der Waals surface area (Å²) in [7, 11) is 0. The standard InChI is InChI=1S/C26H26N2O5S/c29-24(28-11-5-2-6-12-28)16-31-22-14-23(19-7-3-1-4-8-19)34-25(22)26(30)27-15-18-9-10-20-21(13-18)33-17-32-20/h1,3-4,7-10,13-14H,2,5-6,11-12,15-17H2,(H,27,30). The minimum Gasteiger partial charge on any atom is -0.482 e. The molecule has 1 saturated heterocycles. The molecule has 176 valence electrons. The molecule has 0 aliphatic carbocycles. The molecule has 0 unspecified atom stereocenters. The maximum Gasteiger partial charge on any atom is 0.265 e. The molecule has 2 aliphatic heterocycles. The van der Waals surface area contributed by atoms with E-state index in [0.717, 1.165) is 48.4 Å². The minimum atomic E-state index is -0.245. The molecular formula is C26H26N2O5S. The van der Waals surface area contributed by atoms with E-state index in [9.17, 15) is 9.59 Å². The molecule has 1 fully saturated rings. The molecular weight excluding hydrogens is 452 g/mol. The number of carbonyl (C=O) groups is 2. The highest BCUT2D eigenvalue weighted by Gasteiger charge is 2.22. The molecule has 2 aliphatic rings. The Balaban J connectivity index is 1.31. The van der Waals surface area contributed by atoms with Crippen molar-refractivity contribution < 1.29 is 23.8 Å². The lowest BCUT2D eigenvalue weighted by atomic mass is 10.1. The first-order valence-electron chi connectivity index (χ1n) is 11.4. The van der Waals surface area contributed by atoms with Gasteiger partial charge in [0.15, 0.2) is 18.1 Å². The number of hydrogen-bond donors (Lipinski definition) is 1. The van der Waals surface area contributed by atoms with Crippen molar-refractivity contribution >= 4 is 23.2 Å². The molecule has 1 aromatic heterocycles. The monoisotopic (exact) mass is 478 g/mol. The van der Waals surface area contributed by atoms with Crippen LogP contribution >= 0.6 is 11.3 Å². The molecule has 8 heteroatoms. The summed E-state index contributed by atoms with van der Waals surface area (Å²) in [5, 5.41) is 2.96. The third kappa shape index (κ3) is 5.02. The SMILES string of the molecule is O=C(NCc1ccc2c(c1)OCO2)c1sc(-c2ccccc2)cc1OCC(=O)N1CCCCC1. The summed E-state index contributed by atoms with van der Waals surface area (Å²) in [6, 6.07) is 17.3. The van der Waals surface area contributed by atoms with Crippen LogP contribution in [0.1, 0.15) is 34.5 Å². The minimum absolute atomic E-state index is 0.0427. The van der Waals surface area contributed by atoms with Crippen LogP contribution in [-0.2, 0) is 11.3 Å². The van der Waals surface area contributed by atoms with E-state index in [1.165, 1.54) is 11.3 Å². The fourth-order valence-electron chi connectivity index (χ4n) is 4.07. The average molecular weight is 479 g/mol. The zero-order valence-electron chi connectivity index (χ0n) is 18.7. The van der Waals surface area contributed by atoms with Crippen molar-refractivity contribution in [2.75, 3.05) is 26.5 Å². The maximum absolute atomic E-state index is 13.1. The van der Waals surface area contributed by atoms with Crippen molar-refractivity contribution in [3.8, 4) is 27.7 Å².